The van der Waals surface area contributed by atoms with Gasteiger partial charge in [0.2, 0.25) is 0 Å². The Kier molecular flexibility index (Phi) is 3.52. The summed E-state index contributed by atoms with van der Waals surface area (Å²) in [4.78, 5) is 11.9. The van der Waals surface area contributed by atoms with Gasteiger partial charge in [-0.15, -0.1) is 0 Å². The van der Waals surface area contributed by atoms with E-state index in [1.807, 2.05) is 6.07 Å². The number of nitrogens with one attached hydrogen (secondary N) is 1. The monoisotopic (exact) mass is 227 g/mol. The van der Waals surface area contributed by atoms with E-state index in [9.17, 15) is 9.90 Å². The van der Waals surface area contributed by atoms with E-state index in [1.54, 1.807) is 54.6 Å². The van der Waals surface area contributed by atoms with Gasteiger partial charge < -0.3 is 10.4 Å². The largest absolute Gasteiger partial charge is 0.383 e. The first-order chi connectivity index (χ1) is 8.27. The zero-order valence-electron chi connectivity index (χ0n) is 9.21. The number of hydrogen-bond donors (Lipinski definition) is 2. The summed E-state index contributed by atoms with van der Waals surface area (Å²) in [6.07, 6.45) is 7.82. The third-order valence-electron chi connectivity index (χ3n) is 2.40. The zero-order chi connectivity index (χ0) is 12.1. The molecule has 0 aliphatic heterocycles. The minimum Gasteiger partial charge on any atom is -0.383 e. The maximum Gasteiger partial charge on any atom is 0.255 e. The first kappa shape index (κ1) is 11.4. The van der Waals surface area contributed by atoms with Gasteiger partial charge in [-0.2, -0.15) is 0 Å². The lowest BCUT2D eigenvalue weighted by Gasteiger charge is -2.12. The van der Waals surface area contributed by atoms with Crippen molar-refractivity contribution in [3.8, 4) is 0 Å². The Labute approximate surface area is 99.8 Å². The molecule has 0 heterocycles. The molecule has 2 N–H and O–H groups in total. The molecule has 2 rings (SSSR count). The van der Waals surface area contributed by atoms with Crippen LogP contribution in [0.2, 0.25) is 0 Å². The van der Waals surface area contributed by atoms with Crippen molar-refractivity contribution < 1.29 is 9.90 Å². The molecule has 0 bridgehead atoms. The van der Waals surface area contributed by atoms with Gasteiger partial charge in [-0.1, -0.05) is 42.5 Å². The summed E-state index contributed by atoms with van der Waals surface area (Å²) in [7, 11) is 0. The second-order valence-electron chi connectivity index (χ2n) is 3.66. The van der Waals surface area contributed by atoms with Gasteiger partial charge in [0, 0.05) is 5.56 Å². The number of carbonyl (C=O) groups excluding carboxylic acids is 1. The van der Waals surface area contributed by atoms with Crippen LogP contribution in [0.1, 0.15) is 10.4 Å². The molecule has 1 unspecified atom stereocenters. The number of hydrogen-bond acceptors (Lipinski definition) is 2. The van der Waals surface area contributed by atoms with Crippen LogP contribution in [0.3, 0.4) is 0 Å². The van der Waals surface area contributed by atoms with Crippen molar-refractivity contribution >= 4 is 5.91 Å². The highest BCUT2D eigenvalue weighted by molar-refractivity contribution is 5.95. The van der Waals surface area contributed by atoms with E-state index in [1.165, 1.54) is 0 Å². The quantitative estimate of drug-likeness (QED) is 0.809. The van der Waals surface area contributed by atoms with Crippen molar-refractivity contribution in [3.05, 3.63) is 72.0 Å². The Bertz CT molecular complexity index is 486. The average molecular weight is 227 g/mol. The Morgan fingerprint density at radius 2 is 1.88 bits per heavy atom. The third-order valence-corrected chi connectivity index (χ3v) is 2.40. The molecule has 0 saturated carbocycles. The SMILES string of the molecule is O=C(NC1=CC=CC=CC1O)c1ccccc1. The Hall–Kier alpha value is -2.13. The van der Waals surface area contributed by atoms with Crippen LogP contribution in [0, 0.1) is 0 Å². The predicted octanol–water partition coefficient (Wildman–Crippen LogP) is 1.79. The van der Waals surface area contributed by atoms with Crippen LogP contribution >= 0.6 is 0 Å². The van der Waals surface area contributed by atoms with Crippen LogP contribution < -0.4 is 5.32 Å². The fraction of sp³-hybridized carbons (Fsp3) is 0.0714. The molecule has 0 spiro atoms. The second-order valence-corrected chi connectivity index (χ2v) is 3.66. The van der Waals surface area contributed by atoms with E-state index in [4.69, 9.17) is 0 Å². The molecule has 3 heteroatoms. The van der Waals surface area contributed by atoms with Crippen molar-refractivity contribution in [2.45, 2.75) is 6.10 Å². The number of amides is 1. The molecule has 86 valence electrons. The van der Waals surface area contributed by atoms with E-state index in [-0.39, 0.29) is 5.91 Å². The molecule has 1 aromatic rings. The molecule has 1 amide bonds. The summed E-state index contributed by atoms with van der Waals surface area (Å²) in [6.45, 7) is 0. The first-order valence-corrected chi connectivity index (χ1v) is 5.37. The van der Waals surface area contributed by atoms with Gasteiger partial charge in [0.25, 0.3) is 5.91 Å². The van der Waals surface area contributed by atoms with E-state index in [0.717, 1.165) is 0 Å². The van der Waals surface area contributed by atoms with Gasteiger partial charge in [-0.3, -0.25) is 4.79 Å². The number of aliphatic hydroxyl groups excluding tert-OH is 1. The molecule has 3 nitrogen and oxygen atoms in total. The Morgan fingerprint density at radius 1 is 1.12 bits per heavy atom. The lowest BCUT2D eigenvalue weighted by molar-refractivity contribution is 0.0954. The van der Waals surface area contributed by atoms with Gasteiger partial charge in [-0.25, -0.2) is 0 Å². The summed E-state index contributed by atoms with van der Waals surface area (Å²) in [5, 5.41) is 12.4. The summed E-state index contributed by atoms with van der Waals surface area (Å²) in [5.74, 6) is -0.223. The van der Waals surface area contributed by atoms with E-state index < -0.39 is 6.10 Å². The van der Waals surface area contributed by atoms with Crippen molar-refractivity contribution in [3.63, 3.8) is 0 Å². The zero-order valence-corrected chi connectivity index (χ0v) is 9.21. The average Bonchev–Trinajstić information content (AvgIpc) is 2.56. The Balaban J connectivity index is 2.11. The van der Waals surface area contributed by atoms with Crippen LogP contribution in [0.15, 0.2) is 66.4 Å². The fourth-order valence-electron chi connectivity index (χ4n) is 1.50. The molecule has 1 aromatic carbocycles. The number of aliphatic hydroxyl groups is 1. The minimum atomic E-state index is -0.780. The van der Waals surface area contributed by atoms with Crippen LogP contribution in [0.4, 0.5) is 0 Å². The first-order valence-electron chi connectivity index (χ1n) is 5.37. The number of rotatable bonds is 2. The molecule has 1 aliphatic carbocycles. The van der Waals surface area contributed by atoms with Crippen LogP contribution in [-0.4, -0.2) is 17.1 Å². The van der Waals surface area contributed by atoms with Gasteiger partial charge in [0.1, 0.15) is 6.10 Å². The molecule has 1 atom stereocenters. The second kappa shape index (κ2) is 5.27. The Morgan fingerprint density at radius 3 is 2.65 bits per heavy atom. The molecule has 17 heavy (non-hydrogen) atoms. The van der Waals surface area contributed by atoms with E-state index in [2.05, 4.69) is 5.32 Å². The summed E-state index contributed by atoms with van der Waals surface area (Å²) in [6, 6.07) is 8.90. The highest BCUT2D eigenvalue weighted by atomic mass is 16.3. The van der Waals surface area contributed by atoms with Crippen molar-refractivity contribution in [2.75, 3.05) is 0 Å². The summed E-state index contributed by atoms with van der Waals surface area (Å²) < 4.78 is 0. The number of allylic oxidation sites excluding steroid dienone is 4. The van der Waals surface area contributed by atoms with Crippen LogP contribution in [-0.2, 0) is 0 Å². The maximum atomic E-state index is 11.9. The molecule has 0 radical (unpaired) electrons. The van der Waals surface area contributed by atoms with Gasteiger partial charge in [0.05, 0.1) is 5.70 Å². The number of carbonyl (C=O) groups is 1. The molecule has 0 saturated heterocycles. The topological polar surface area (TPSA) is 49.3 Å². The highest BCUT2D eigenvalue weighted by Gasteiger charge is 2.12. The summed E-state index contributed by atoms with van der Waals surface area (Å²) >= 11 is 0. The number of benzene rings is 1. The lowest BCUT2D eigenvalue weighted by atomic mass is 10.2. The molecule has 0 fully saturated rings. The standard InChI is InChI=1S/C14H13NO2/c16-13-10-6-2-5-9-12(13)15-14(17)11-7-3-1-4-8-11/h1-10,13,16H,(H,15,17). The summed E-state index contributed by atoms with van der Waals surface area (Å²) in [5.41, 5.74) is 1.04. The van der Waals surface area contributed by atoms with Crippen molar-refractivity contribution in [1.29, 1.82) is 0 Å². The maximum absolute atomic E-state index is 11.9. The van der Waals surface area contributed by atoms with Crippen LogP contribution in [0.5, 0.6) is 0 Å². The smallest absolute Gasteiger partial charge is 0.255 e. The molecular formula is C14H13NO2. The lowest BCUT2D eigenvalue weighted by Crippen LogP contribution is -2.28. The minimum absolute atomic E-state index is 0.223. The van der Waals surface area contributed by atoms with Gasteiger partial charge >= 0.3 is 0 Å². The fourth-order valence-corrected chi connectivity index (χ4v) is 1.50. The van der Waals surface area contributed by atoms with Crippen LogP contribution in [0.25, 0.3) is 0 Å². The molecule has 0 aromatic heterocycles. The normalized spacial score (nSPS) is 18.4. The van der Waals surface area contributed by atoms with E-state index >= 15 is 0 Å². The van der Waals surface area contributed by atoms with Crippen molar-refractivity contribution in [2.24, 2.45) is 0 Å². The third kappa shape index (κ3) is 2.92. The van der Waals surface area contributed by atoms with Crippen molar-refractivity contribution in [1.82, 2.24) is 5.32 Å². The predicted molar refractivity (Wildman–Crippen MR) is 66.3 cm³/mol. The molecular weight excluding hydrogens is 214 g/mol. The van der Waals surface area contributed by atoms with Gasteiger partial charge in [0.15, 0.2) is 0 Å². The molecule has 1 aliphatic rings. The van der Waals surface area contributed by atoms with Gasteiger partial charge in [-0.05, 0) is 18.2 Å². The van der Waals surface area contributed by atoms with E-state index in [0.29, 0.717) is 11.3 Å². The highest BCUT2D eigenvalue weighted by Crippen LogP contribution is 2.07.